The number of hydrogen-bond donors (Lipinski definition) is 3. The van der Waals surface area contributed by atoms with Gasteiger partial charge in [-0.05, 0) is 97.7 Å². The van der Waals surface area contributed by atoms with Gasteiger partial charge in [-0.2, -0.15) is 0 Å². The third-order valence-electron chi connectivity index (χ3n) is 10.4. The molecule has 0 spiro atoms. The normalized spacial score (nSPS) is 51.4. The van der Waals surface area contributed by atoms with E-state index in [9.17, 15) is 20.1 Å². The molecule has 0 aromatic heterocycles. The van der Waals surface area contributed by atoms with Gasteiger partial charge in [0, 0.05) is 6.42 Å². The molecule has 5 heteroatoms. The number of esters is 1. The molecule has 0 bridgehead atoms. The molecule has 0 saturated heterocycles. The highest BCUT2D eigenvalue weighted by Gasteiger charge is 2.65. The third kappa shape index (κ3) is 3.44. The molecule has 4 rings (SSSR count). The van der Waals surface area contributed by atoms with Crippen molar-refractivity contribution in [1.82, 2.24) is 0 Å². The first-order valence-electron chi connectivity index (χ1n) is 12.2. The molecule has 4 saturated carbocycles. The van der Waals surface area contributed by atoms with Gasteiger partial charge in [0.25, 0.3) is 0 Å². The molecule has 30 heavy (non-hydrogen) atoms. The van der Waals surface area contributed by atoms with Gasteiger partial charge >= 0.3 is 5.97 Å². The minimum absolute atomic E-state index is 0.00841. The van der Waals surface area contributed by atoms with E-state index < -0.39 is 0 Å². The minimum atomic E-state index is -0.387. The van der Waals surface area contributed by atoms with Crippen LogP contribution in [-0.4, -0.2) is 46.7 Å². The molecule has 0 radical (unpaired) electrons. The molecule has 11 atom stereocenters. The maximum Gasteiger partial charge on any atom is 0.305 e. The summed E-state index contributed by atoms with van der Waals surface area (Å²) in [6.45, 7) is 6.96. The van der Waals surface area contributed by atoms with Gasteiger partial charge in [-0.15, -0.1) is 0 Å². The summed E-state index contributed by atoms with van der Waals surface area (Å²) in [6, 6.07) is 0. The van der Waals surface area contributed by atoms with Crippen molar-refractivity contribution in [2.45, 2.75) is 96.9 Å². The summed E-state index contributed by atoms with van der Waals surface area (Å²) in [5.74, 6) is 1.64. The topological polar surface area (TPSA) is 87.0 Å². The molecule has 0 aliphatic heterocycles. The summed E-state index contributed by atoms with van der Waals surface area (Å²) in [4.78, 5) is 11.7. The number of aliphatic hydroxyl groups is 3. The number of methoxy groups -OCH3 is 1. The van der Waals surface area contributed by atoms with E-state index in [4.69, 9.17) is 4.74 Å². The highest BCUT2D eigenvalue weighted by atomic mass is 16.5. The van der Waals surface area contributed by atoms with E-state index in [1.807, 2.05) is 0 Å². The van der Waals surface area contributed by atoms with Crippen LogP contribution in [-0.2, 0) is 9.53 Å². The van der Waals surface area contributed by atoms with Gasteiger partial charge in [0.2, 0.25) is 0 Å². The molecule has 5 nitrogen and oxygen atoms in total. The molecule has 0 aromatic carbocycles. The van der Waals surface area contributed by atoms with Crippen molar-refractivity contribution in [2.24, 2.45) is 46.3 Å². The van der Waals surface area contributed by atoms with Crippen molar-refractivity contribution >= 4 is 5.97 Å². The Balaban J connectivity index is 1.57. The lowest BCUT2D eigenvalue weighted by Gasteiger charge is -2.62. The van der Waals surface area contributed by atoms with Crippen LogP contribution in [0, 0.1) is 46.3 Å². The second-order valence-electron chi connectivity index (χ2n) is 11.7. The fourth-order valence-corrected chi connectivity index (χ4v) is 8.83. The van der Waals surface area contributed by atoms with Crippen LogP contribution in [0.3, 0.4) is 0 Å². The zero-order valence-corrected chi connectivity index (χ0v) is 19.2. The minimum Gasteiger partial charge on any atom is -0.469 e. The Kier molecular flexibility index (Phi) is 6.04. The second kappa shape index (κ2) is 8.04. The molecule has 0 unspecified atom stereocenters. The summed E-state index contributed by atoms with van der Waals surface area (Å²) >= 11 is 0. The number of ether oxygens (including phenoxy) is 1. The molecule has 4 aliphatic carbocycles. The molecular weight excluding hydrogens is 380 g/mol. The van der Waals surface area contributed by atoms with Gasteiger partial charge in [0.15, 0.2) is 0 Å². The average molecular weight is 423 g/mol. The van der Waals surface area contributed by atoms with Crippen molar-refractivity contribution in [3.8, 4) is 0 Å². The Morgan fingerprint density at radius 2 is 1.73 bits per heavy atom. The van der Waals surface area contributed by atoms with E-state index in [1.165, 1.54) is 7.11 Å². The lowest BCUT2D eigenvalue weighted by Crippen LogP contribution is -2.60. The van der Waals surface area contributed by atoms with Crippen LogP contribution in [0.25, 0.3) is 0 Å². The van der Waals surface area contributed by atoms with Crippen molar-refractivity contribution in [2.75, 3.05) is 7.11 Å². The lowest BCUT2D eigenvalue weighted by molar-refractivity contribution is -0.185. The van der Waals surface area contributed by atoms with Crippen LogP contribution in [0.4, 0.5) is 0 Å². The first-order chi connectivity index (χ1) is 14.1. The lowest BCUT2D eigenvalue weighted by atomic mass is 9.43. The zero-order valence-electron chi connectivity index (χ0n) is 19.2. The van der Waals surface area contributed by atoms with E-state index in [0.717, 1.165) is 51.4 Å². The van der Waals surface area contributed by atoms with Gasteiger partial charge in [0.1, 0.15) is 0 Å². The van der Waals surface area contributed by atoms with Crippen LogP contribution in [0.2, 0.25) is 0 Å². The Hall–Kier alpha value is -0.650. The Morgan fingerprint density at radius 3 is 2.43 bits per heavy atom. The standard InChI is InChI=1S/C25H42O5/c1-14(5-6-21(29)30-4)18-13-20(28)23-22-17(8-10-25(18,23)3)24(2)9-7-16(26)11-15(24)12-19(22)27/h14-20,22-23,26-28H,5-13H2,1-4H3/t14-,15+,16-,17+,18-,19-,20-,22+,23+,24+,25-/m1/s1. The third-order valence-corrected chi connectivity index (χ3v) is 10.4. The monoisotopic (exact) mass is 422 g/mol. The number of fused-ring (bicyclic) bond motifs is 5. The molecule has 0 heterocycles. The molecule has 3 N–H and O–H groups in total. The van der Waals surface area contributed by atoms with E-state index in [0.29, 0.717) is 30.1 Å². The average Bonchev–Trinajstić information content (AvgIpc) is 2.98. The van der Waals surface area contributed by atoms with Crippen molar-refractivity contribution < 1.29 is 24.9 Å². The largest absolute Gasteiger partial charge is 0.469 e. The fraction of sp³-hybridized carbons (Fsp3) is 0.960. The molecule has 0 amide bonds. The SMILES string of the molecule is COC(=O)CC[C@@H](C)[C@H]1C[C@@H](O)[C@H]2[C@@H]3[C@H](O)C[C@@H]4C[C@H](O)CC[C@]4(C)[C@H]3CC[C@@]21C. The highest BCUT2D eigenvalue weighted by molar-refractivity contribution is 5.69. The maximum atomic E-state index is 11.7. The smallest absolute Gasteiger partial charge is 0.305 e. The fourth-order valence-electron chi connectivity index (χ4n) is 8.83. The van der Waals surface area contributed by atoms with E-state index in [1.54, 1.807) is 0 Å². The van der Waals surface area contributed by atoms with E-state index in [2.05, 4.69) is 20.8 Å². The van der Waals surface area contributed by atoms with Gasteiger partial charge in [-0.3, -0.25) is 4.79 Å². The number of carbonyl (C=O) groups excluding carboxylic acids is 1. The van der Waals surface area contributed by atoms with Crippen molar-refractivity contribution in [3.63, 3.8) is 0 Å². The summed E-state index contributed by atoms with van der Waals surface area (Å²) in [5, 5.41) is 32.8. The predicted octanol–water partition coefficient (Wildman–Crippen LogP) is 3.54. The second-order valence-corrected chi connectivity index (χ2v) is 11.7. The Morgan fingerprint density at radius 1 is 1.03 bits per heavy atom. The van der Waals surface area contributed by atoms with Crippen LogP contribution in [0.5, 0.6) is 0 Å². The zero-order chi connectivity index (χ0) is 21.8. The number of rotatable bonds is 4. The Labute approximate surface area is 181 Å². The van der Waals surface area contributed by atoms with Crippen LogP contribution in [0.15, 0.2) is 0 Å². The van der Waals surface area contributed by atoms with Gasteiger partial charge in [-0.1, -0.05) is 20.8 Å². The van der Waals surface area contributed by atoms with Crippen molar-refractivity contribution in [3.05, 3.63) is 0 Å². The summed E-state index contributed by atoms with van der Waals surface area (Å²) in [7, 11) is 1.44. The van der Waals surface area contributed by atoms with Crippen LogP contribution >= 0.6 is 0 Å². The van der Waals surface area contributed by atoms with Gasteiger partial charge < -0.3 is 20.1 Å². The molecular formula is C25H42O5. The van der Waals surface area contributed by atoms with E-state index >= 15 is 0 Å². The Bertz CT molecular complexity index is 651. The molecule has 0 aromatic rings. The van der Waals surface area contributed by atoms with Gasteiger partial charge in [0.05, 0.1) is 25.4 Å². The molecule has 4 fully saturated rings. The van der Waals surface area contributed by atoms with E-state index in [-0.39, 0.29) is 46.9 Å². The summed E-state index contributed by atoms with van der Waals surface area (Å²) in [6.07, 6.45) is 6.67. The summed E-state index contributed by atoms with van der Waals surface area (Å²) in [5.41, 5.74) is 0.174. The van der Waals surface area contributed by atoms with Gasteiger partial charge in [-0.25, -0.2) is 0 Å². The molecule has 4 aliphatic rings. The number of hydrogen-bond acceptors (Lipinski definition) is 5. The first-order valence-corrected chi connectivity index (χ1v) is 12.2. The molecule has 172 valence electrons. The van der Waals surface area contributed by atoms with Crippen molar-refractivity contribution in [1.29, 1.82) is 0 Å². The maximum absolute atomic E-state index is 11.7. The first kappa shape index (κ1) is 22.5. The van der Waals surface area contributed by atoms with Crippen LogP contribution < -0.4 is 0 Å². The number of carbonyl (C=O) groups is 1. The van der Waals surface area contributed by atoms with Crippen LogP contribution in [0.1, 0.15) is 78.6 Å². The summed E-state index contributed by atoms with van der Waals surface area (Å²) < 4.78 is 4.83. The quantitative estimate of drug-likeness (QED) is 0.603. The number of aliphatic hydroxyl groups excluding tert-OH is 3. The predicted molar refractivity (Wildman–Crippen MR) is 114 cm³/mol. The highest BCUT2D eigenvalue weighted by Crippen LogP contribution is 2.68.